The van der Waals surface area contributed by atoms with Crippen molar-refractivity contribution in [3.05, 3.63) is 54.1 Å². The average Bonchev–Trinajstić information content (AvgIpc) is 2.68. The molecule has 1 N–H and O–H groups in total. The van der Waals surface area contributed by atoms with E-state index >= 15 is 0 Å². The van der Waals surface area contributed by atoms with Gasteiger partial charge in [-0.15, -0.1) is 0 Å². The molecule has 128 valence electrons. The zero-order valence-corrected chi connectivity index (χ0v) is 14.9. The second-order valence-electron chi connectivity index (χ2n) is 5.79. The molecular weight excluding hydrogens is 332 g/mol. The molecule has 1 heterocycles. The van der Waals surface area contributed by atoms with Gasteiger partial charge in [-0.05, 0) is 48.6 Å². The Morgan fingerprint density at radius 2 is 1.84 bits per heavy atom. The molecule has 1 aliphatic rings. The Labute approximate surface area is 153 Å². The number of benzene rings is 2. The fourth-order valence-corrected chi connectivity index (χ4v) is 3.12. The predicted octanol–water partition coefficient (Wildman–Crippen LogP) is 3.09. The van der Waals surface area contributed by atoms with Crippen LogP contribution in [0.4, 0.5) is 11.4 Å². The number of hydrogen-bond donors (Lipinski definition) is 1. The number of nitriles is 1. The van der Waals surface area contributed by atoms with Crippen molar-refractivity contribution in [3.8, 4) is 11.8 Å². The minimum Gasteiger partial charge on any atom is -0.497 e. The van der Waals surface area contributed by atoms with E-state index in [9.17, 15) is 0 Å². The number of piperazine rings is 1. The lowest BCUT2D eigenvalue weighted by Gasteiger charge is -2.37. The molecule has 5 nitrogen and oxygen atoms in total. The molecule has 1 saturated heterocycles. The molecule has 0 spiro atoms. The number of rotatable bonds is 3. The van der Waals surface area contributed by atoms with Crippen LogP contribution in [-0.2, 0) is 0 Å². The van der Waals surface area contributed by atoms with E-state index in [1.54, 1.807) is 7.11 Å². The van der Waals surface area contributed by atoms with E-state index in [1.807, 2.05) is 48.5 Å². The Morgan fingerprint density at radius 3 is 2.48 bits per heavy atom. The summed E-state index contributed by atoms with van der Waals surface area (Å²) in [6.07, 6.45) is 0. The number of hydrogen-bond acceptors (Lipinski definition) is 4. The Hall–Kier alpha value is -2.78. The van der Waals surface area contributed by atoms with E-state index in [4.69, 9.17) is 22.2 Å². The Morgan fingerprint density at radius 1 is 1.12 bits per heavy atom. The van der Waals surface area contributed by atoms with E-state index in [-0.39, 0.29) is 0 Å². The third kappa shape index (κ3) is 4.20. The number of nitrogens with zero attached hydrogens (tertiary/aromatic N) is 3. The second kappa shape index (κ2) is 7.86. The fourth-order valence-electron chi connectivity index (χ4n) is 2.82. The summed E-state index contributed by atoms with van der Waals surface area (Å²) < 4.78 is 5.24. The maximum Gasteiger partial charge on any atom is 0.173 e. The molecule has 2 aromatic carbocycles. The number of nitrogens with one attached hydrogen (secondary N) is 1. The minimum absolute atomic E-state index is 0.686. The van der Waals surface area contributed by atoms with Crippen molar-refractivity contribution in [2.45, 2.75) is 0 Å². The van der Waals surface area contributed by atoms with Gasteiger partial charge in [0.15, 0.2) is 5.11 Å². The quantitative estimate of drug-likeness (QED) is 0.857. The van der Waals surface area contributed by atoms with Gasteiger partial charge in [0, 0.05) is 43.6 Å². The molecular formula is C19H20N4OS. The molecule has 0 atom stereocenters. The zero-order valence-electron chi connectivity index (χ0n) is 14.1. The van der Waals surface area contributed by atoms with Gasteiger partial charge in [-0.25, -0.2) is 0 Å². The number of methoxy groups -OCH3 is 1. The molecule has 6 heteroatoms. The monoisotopic (exact) mass is 352 g/mol. The van der Waals surface area contributed by atoms with Crippen LogP contribution in [0.25, 0.3) is 0 Å². The van der Waals surface area contributed by atoms with Crippen molar-refractivity contribution in [1.29, 1.82) is 5.26 Å². The average molecular weight is 352 g/mol. The third-order valence-corrected chi connectivity index (χ3v) is 4.61. The summed E-state index contributed by atoms with van der Waals surface area (Å²) >= 11 is 5.54. The first-order valence-corrected chi connectivity index (χ1v) is 8.55. The summed E-state index contributed by atoms with van der Waals surface area (Å²) in [6, 6.07) is 17.6. The van der Waals surface area contributed by atoms with Crippen molar-refractivity contribution < 1.29 is 4.74 Å². The number of anilines is 2. The second-order valence-corrected chi connectivity index (χ2v) is 6.18. The van der Waals surface area contributed by atoms with E-state index < -0.39 is 0 Å². The van der Waals surface area contributed by atoms with Gasteiger partial charge < -0.3 is 19.9 Å². The van der Waals surface area contributed by atoms with Gasteiger partial charge in [-0.3, -0.25) is 0 Å². The van der Waals surface area contributed by atoms with Gasteiger partial charge in [0.05, 0.1) is 18.7 Å². The Bertz CT molecular complexity index is 777. The molecule has 0 unspecified atom stereocenters. The molecule has 0 saturated carbocycles. The van der Waals surface area contributed by atoms with Crippen molar-refractivity contribution in [1.82, 2.24) is 4.90 Å². The molecule has 0 aromatic heterocycles. The van der Waals surface area contributed by atoms with Crippen LogP contribution in [-0.4, -0.2) is 43.3 Å². The molecule has 1 fully saturated rings. The number of thiocarbonyl (C=S) groups is 1. The van der Waals surface area contributed by atoms with Crippen molar-refractivity contribution >= 4 is 28.7 Å². The summed E-state index contributed by atoms with van der Waals surface area (Å²) in [5.74, 6) is 0.804. The van der Waals surface area contributed by atoms with Crippen LogP contribution < -0.4 is 15.0 Å². The Kier molecular flexibility index (Phi) is 5.36. The van der Waals surface area contributed by atoms with E-state index in [1.165, 1.54) is 0 Å². The van der Waals surface area contributed by atoms with Crippen LogP contribution >= 0.6 is 12.2 Å². The van der Waals surface area contributed by atoms with Gasteiger partial charge >= 0.3 is 0 Å². The van der Waals surface area contributed by atoms with Crippen molar-refractivity contribution in [3.63, 3.8) is 0 Å². The van der Waals surface area contributed by atoms with Crippen LogP contribution in [0, 0.1) is 11.3 Å². The first-order valence-electron chi connectivity index (χ1n) is 8.14. The SMILES string of the molecule is COc1cccc(NC(=S)N2CCN(c3ccc(C#N)cc3)CC2)c1. The molecule has 0 amide bonds. The van der Waals surface area contributed by atoms with E-state index in [0.717, 1.165) is 48.4 Å². The lowest BCUT2D eigenvalue weighted by atomic mass is 10.2. The topological polar surface area (TPSA) is 51.5 Å². The van der Waals surface area contributed by atoms with E-state index in [0.29, 0.717) is 5.56 Å². The highest BCUT2D eigenvalue weighted by atomic mass is 32.1. The van der Waals surface area contributed by atoms with Gasteiger partial charge in [-0.1, -0.05) is 6.07 Å². The Balaban J connectivity index is 1.56. The minimum atomic E-state index is 0.686. The summed E-state index contributed by atoms with van der Waals surface area (Å²) in [7, 11) is 1.65. The summed E-state index contributed by atoms with van der Waals surface area (Å²) in [4.78, 5) is 4.49. The van der Waals surface area contributed by atoms with Crippen LogP contribution in [0.1, 0.15) is 5.56 Å². The smallest absolute Gasteiger partial charge is 0.173 e. The maximum atomic E-state index is 8.89. The predicted molar refractivity (Wildman–Crippen MR) is 104 cm³/mol. The lowest BCUT2D eigenvalue weighted by molar-refractivity contribution is 0.391. The molecule has 2 aromatic rings. The molecule has 1 aliphatic heterocycles. The summed E-state index contributed by atoms with van der Waals surface area (Å²) in [5.41, 5.74) is 2.76. The first kappa shape index (κ1) is 17.1. The highest BCUT2D eigenvalue weighted by Gasteiger charge is 2.19. The molecule has 0 aliphatic carbocycles. The molecule has 25 heavy (non-hydrogen) atoms. The molecule has 3 rings (SSSR count). The normalized spacial score (nSPS) is 13.9. The molecule has 0 radical (unpaired) electrons. The van der Waals surface area contributed by atoms with E-state index in [2.05, 4.69) is 21.2 Å². The van der Waals surface area contributed by atoms with Crippen LogP contribution in [0.15, 0.2) is 48.5 Å². The highest BCUT2D eigenvalue weighted by molar-refractivity contribution is 7.80. The number of ether oxygens (including phenoxy) is 1. The maximum absolute atomic E-state index is 8.89. The molecule has 0 bridgehead atoms. The van der Waals surface area contributed by atoms with Crippen LogP contribution in [0.2, 0.25) is 0 Å². The van der Waals surface area contributed by atoms with Gasteiger partial charge in [0.25, 0.3) is 0 Å². The van der Waals surface area contributed by atoms with Gasteiger partial charge in [0.2, 0.25) is 0 Å². The first-order chi connectivity index (χ1) is 12.2. The highest BCUT2D eigenvalue weighted by Crippen LogP contribution is 2.19. The van der Waals surface area contributed by atoms with Crippen molar-refractivity contribution in [2.75, 3.05) is 43.5 Å². The largest absolute Gasteiger partial charge is 0.497 e. The lowest BCUT2D eigenvalue weighted by Crippen LogP contribution is -2.50. The van der Waals surface area contributed by atoms with Crippen LogP contribution in [0.5, 0.6) is 5.75 Å². The van der Waals surface area contributed by atoms with Gasteiger partial charge in [0.1, 0.15) is 5.75 Å². The fraction of sp³-hybridized carbons (Fsp3) is 0.263. The van der Waals surface area contributed by atoms with Gasteiger partial charge in [-0.2, -0.15) is 5.26 Å². The zero-order chi connectivity index (χ0) is 17.6. The standard InChI is InChI=1S/C19H20N4OS/c1-24-18-4-2-3-16(13-18)21-19(25)23-11-9-22(10-12-23)17-7-5-15(14-20)6-8-17/h2-8,13H,9-12H2,1H3,(H,21,25). The van der Waals surface area contributed by atoms with Crippen LogP contribution in [0.3, 0.4) is 0 Å². The van der Waals surface area contributed by atoms with Crippen molar-refractivity contribution in [2.24, 2.45) is 0 Å². The summed E-state index contributed by atoms with van der Waals surface area (Å²) in [5, 5.41) is 12.9. The summed E-state index contributed by atoms with van der Waals surface area (Å²) in [6.45, 7) is 3.50. The third-order valence-electron chi connectivity index (χ3n) is 4.25.